The monoisotopic (exact) mass is 411 g/mol. The molecule has 0 saturated carbocycles. The summed E-state index contributed by atoms with van der Waals surface area (Å²) < 4.78 is 29.1. The van der Waals surface area contributed by atoms with E-state index in [1.54, 1.807) is 6.07 Å². The number of carbonyl (C=O) groups is 1. The number of anilines is 1. The van der Waals surface area contributed by atoms with Gasteiger partial charge in [-0.1, -0.05) is 12.1 Å². The van der Waals surface area contributed by atoms with E-state index < -0.39 is 11.7 Å². The number of amides is 1. The zero-order valence-corrected chi connectivity index (χ0v) is 17.0. The van der Waals surface area contributed by atoms with Gasteiger partial charge in [0.05, 0.1) is 17.8 Å². The Labute approximate surface area is 173 Å². The first-order valence-corrected chi connectivity index (χ1v) is 9.54. The number of guanidine groups is 1. The van der Waals surface area contributed by atoms with E-state index in [1.165, 1.54) is 42.5 Å². The second kappa shape index (κ2) is 9.30. The summed E-state index contributed by atoms with van der Waals surface area (Å²) in [5.74, 6) is -1.53. The third-order valence-electron chi connectivity index (χ3n) is 4.68. The molecular weight excluding hydrogens is 388 g/mol. The number of rotatable bonds is 5. The van der Waals surface area contributed by atoms with Crippen molar-refractivity contribution in [1.82, 2.24) is 15.1 Å². The van der Waals surface area contributed by atoms with Crippen molar-refractivity contribution in [3.05, 3.63) is 82.7 Å². The molecule has 0 radical (unpaired) electrons. The number of halogens is 2. The summed E-state index contributed by atoms with van der Waals surface area (Å²) in [6.07, 6.45) is 0. The quantitative estimate of drug-likeness (QED) is 0.488. The lowest BCUT2D eigenvalue weighted by molar-refractivity contribution is 0.0973. The molecule has 0 aliphatic heterocycles. The van der Waals surface area contributed by atoms with Crippen molar-refractivity contribution in [3.8, 4) is 0 Å². The first-order chi connectivity index (χ1) is 14.4. The van der Waals surface area contributed by atoms with Crippen molar-refractivity contribution < 1.29 is 13.6 Å². The third kappa shape index (κ3) is 4.89. The van der Waals surface area contributed by atoms with Crippen LogP contribution in [0.5, 0.6) is 0 Å². The van der Waals surface area contributed by atoms with E-state index in [0.29, 0.717) is 5.69 Å². The van der Waals surface area contributed by atoms with Crippen molar-refractivity contribution in [2.45, 2.75) is 33.9 Å². The molecule has 0 aliphatic carbocycles. The highest BCUT2D eigenvalue weighted by Gasteiger charge is 2.15. The van der Waals surface area contributed by atoms with Gasteiger partial charge < -0.3 is 5.32 Å². The van der Waals surface area contributed by atoms with Crippen LogP contribution in [-0.4, -0.2) is 21.6 Å². The maximum atomic E-state index is 14.0. The summed E-state index contributed by atoms with van der Waals surface area (Å²) in [5.41, 5.74) is 3.20. The predicted molar refractivity (Wildman–Crippen MR) is 112 cm³/mol. The Bertz CT molecular complexity index is 1070. The zero-order chi connectivity index (χ0) is 21.7. The van der Waals surface area contributed by atoms with Crippen molar-refractivity contribution in [3.63, 3.8) is 0 Å². The molecule has 0 unspecified atom stereocenters. The van der Waals surface area contributed by atoms with Crippen molar-refractivity contribution >= 4 is 17.6 Å². The fourth-order valence-electron chi connectivity index (χ4n) is 3.03. The van der Waals surface area contributed by atoms with Gasteiger partial charge in [0.2, 0.25) is 5.96 Å². The van der Waals surface area contributed by atoms with E-state index in [1.807, 2.05) is 25.5 Å². The number of aromatic nitrogens is 2. The van der Waals surface area contributed by atoms with Crippen LogP contribution in [0.3, 0.4) is 0 Å². The number of benzene rings is 2. The van der Waals surface area contributed by atoms with Gasteiger partial charge in [-0.25, -0.2) is 13.8 Å². The number of hydrogen-bond donors (Lipinski definition) is 2. The third-order valence-corrected chi connectivity index (χ3v) is 4.68. The second-order valence-electron chi connectivity index (χ2n) is 6.70. The van der Waals surface area contributed by atoms with E-state index in [2.05, 4.69) is 20.7 Å². The van der Waals surface area contributed by atoms with Gasteiger partial charge >= 0.3 is 0 Å². The van der Waals surface area contributed by atoms with Crippen molar-refractivity contribution in [2.24, 2.45) is 4.99 Å². The van der Waals surface area contributed by atoms with Crippen molar-refractivity contribution in [1.29, 1.82) is 0 Å². The zero-order valence-electron chi connectivity index (χ0n) is 17.0. The Kier molecular flexibility index (Phi) is 6.56. The van der Waals surface area contributed by atoms with E-state index in [-0.39, 0.29) is 23.9 Å². The molecule has 0 bridgehead atoms. The molecule has 6 nitrogen and oxygen atoms in total. The predicted octanol–water partition coefficient (Wildman–Crippen LogP) is 4.20. The molecule has 0 atom stereocenters. The van der Waals surface area contributed by atoms with Crippen LogP contribution >= 0.6 is 0 Å². The molecule has 1 heterocycles. The second-order valence-corrected chi connectivity index (χ2v) is 6.70. The van der Waals surface area contributed by atoms with Gasteiger partial charge in [0, 0.05) is 23.5 Å². The number of nitrogens with zero attached hydrogens (tertiary/aromatic N) is 3. The van der Waals surface area contributed by atoms with Crippen molar-refractivity contribution in [2.75, 3.05) is 5.32 Å². The molecule has 2 N–H and O–H groups in total. The molecule has 8 heteroatoms. The summed E-state index contributed by atoms with van der Waals surface area (Å²) in [6, 6.07) is 11.3. The summed E-state index contributed by atoms with van der Waals surface area (Å²) in [6.45, 7) is 6.86. The Morgan fingerprint density at radius 3 is 2.43 bits per heavy atom. The minimum atomic E-state index is -0.640. The highest BCUT2D eigenvalue weighted by atomic mass is 19.1. The standard InChI is InChI=1S/C22H23F2N5O/c1-4-29-15(3)19(14(2)28-29)13-25-22(26-17-11-9-16(23)10-12-17)27-21(30)18-7-5-6-8-20(18)24/h5-12H,4,13H2,1-3H3,(H2,25,26,27,30). The van der Waals surface area contributed by atoms with Crippen LogP contribution in [0.1, 0.15) is 34.2 Å². The Morgan fingerprint density at radius 1 is 1.10 bits per heavy atom. The maximum absolute atomic E-state index is 14.0. The Hall–Kier alpha value is -3.55. The largest absolute Gasteiger partial charge is 0.326 e. The summed E-state index contributed by atoms with van der Waals surface area (Å²) >= 11 is 0. The normalized spacial score (nSPS) is 11.4. The molecule has 30 heavy (non-hydrogen) atoms. The molecule has 0 fully saturated rings. The first kappa shape index (κ1) is 21.2. The molecule has 0 spiro atoms. The van der Waals surface area contributed by atoms with Gasteiger partial charge in [-0.3, -0.25) is 14.8 Å². The molecule has 3 rings (SSSR count). The van der Waals surface area contributed by atoms with E-state index in [0.717, 1.165) is 23.5 Å². The SMILES string of the molecule is CCn1nc(C)c(CN=C(NC(=O)c2ccccc2F)Nc2ccc(F)cc2)c1C. The fraction of sp³-hybridized carbons (Fsp3) is 0.227. The van der Waals surface area contributed by atoms with Gasteiger partial charge in [0.15, 0.2) is 0 Å². The van der Waals surface area contributed by atoms with E-state index in [4.69, 9.17) is 0 Å². The molecule has 3 aromatic rings. The van der Waals surface area contributed by atoms with Gasteiger partial charge in [0.25, 0.3) is 5.91 Å². The van der Waals surface area contributed by atoms with E-state index in [9.17, 15) is 13.6 Å². The smallest absolute Gasteiger partial charge is 0.260 e. The van der Waals surface area contributed by atoms with Crippen LogP contribution in [0.2, 0.25) is 0 Å². The molecule has 2 aromatic carbocycles. The highest BCUT2D eigenvalue weighted by Crippen LogP contribution is 2.15. The van der Waals surface area contributed by atoms with Crippen LogP contribution in [0, 0.1) is 25.5 Å². The van der Waals surface area contributed by atoms with Gasteiger partial charge in [-0.2, -0.15) is 5.10 Å². The summed E-state index contributed by atoms with van der Waals surface area (Å²) in [5, 5.41) is 10.0. The molecule has 0 saturated heterocycles. The van der Waals surface area contributed by atoms with Crippen LogP contribution in [0.25, 0.3) is 0 Å². The first-order valence-electron chi connectivity index (χ1n) is 9.54. The maximum Gasteiger partial charge on any atom is 0.260 e. The number of carbonyl (C=O) groups excluding carboxylic acids is 1. The molecule has 0 aliphatic rings. The molecule has 156 valence electrons. The lowest BCUT2D eigenvalue weighted by Crippen LogP contribution is -2.36. The minimum absolute atomic E-state index is 0.0998. The minimum Gasteiger partial charge on any atom is -0.326 e. The average Bonchev–Trinajstić information content (AvgIpc) is 3.01. The topological polar surface area (TPSA) is 71.3 Å². The number of hydrogen-bond acceptors (Lipinski definition) is 3. The Morgan fingerprint density at radius 2 is 1.80 bits per heavy atom. The molecular formula is C22H23F2N5O. The number of aliphatic imine (C=N–C) groups is 1. The Balaban J connectivity index is 1.87. The van der Waals surface area contributed by atoms with Gasteiger partial charge in [-0.15, -0.1) is 0 Å². The van der Waals surface area contributed by atoms with E-state index >= 15 is 0 Å². The van der Waals surface area contributed by atoms with Crippen LogP contribution in [0.15, 0.2) is 53.5 Å². The number of aryl methyl sites for hydroxylation is 2. The average molecular weight is 411 g/mol. The highest BCUT2D eigenvalue weighted by molar-refractivity contribution is 6.10. The van der Waals surface area contributed by atoms with Gasteiger partial charge in [0.1, 0.15) is 11.6 Å². The van der Waals surface area contributed by atoms with Crippen LogP contribution < -0.4 is 10.6 Å². The summed E-state index contributed by atoms with van der Waals surface area (Å²) in [7, 11) is 0. The lowest BCUT2D eigenvalue weighted by Gasteiger charge is -2.12. The molecule has 1 aromatic heterocycles. The van der Waals surface area contributed by atoms with Crippen LogP contribution in [-0.2, 0) is 13.1 Å². The lowest BCUT2D eigenvalue weighted by atomic mass is 10.2. The molecule has 1 amide bonds. The fourth-order valence-corrected chi connectivity index (χ4v) is 3.03. The van der Waals surface area contributed by atoms with Crippen LogP contribution in [0.4, 0.5) is 14.5 Å². The summed E-state index contributed by atoms with van der Waals surface area (Å²) in [4.78, 5) is 17.0. The number of nitrogens with one attached hydrogen (secondary N) is 2. The van der Waals surface area contributed by atoms with Gasteiger partial charge in [-0.05, 0) is 57.2 Å².